The molecule has 1 N–H and O–H groups in total. The molecule has 4 rings (SSSR count). The molecule has 2 aromatic carbocycles. The van der Waals surface area contributed by atoms with Gasteiger partial charge in [-0.2, -0.15) is 0 Å². The van der Waals surface area contributed by atoms with Gasteiger partial charge in [0.1, 0.15) is 5.75 Å². The van der Waals surface area contributed by atoms with Crippen molar-refractivity contribution in [2.75, 3.05) is 20.8 Å². The lowest BCUT2D eigenvalue weighted by Crippen LogP contribution is -2.32. The Morgan fingerprint density at radius 1 is 1.23 bits per heavy atom. The molecule has 1 amide bonds. The van der Waals surface area contributed by atoms with E-state index in [1.165, 1.54) is 25.1 Å². The first-order chi connectivity index (χ1) is 15.1. The third-order valence-electron chi connectivity index (χ3n) is 5.43. The van der Waals surface area contributed by atoms with Crippen molar-refractivity contribution >= 4 is 16.8 Å². The predicted octanol–water partition coefficient (Wildman–Crippen LogP) is 2.83. The third-order valence-corrected chi connectivity index (χ3v) is 5.43. The van der Waals surface area contributed by atoms with Crippen LogP contribution in [-0.2, 0) is 11.3 Å². The highest BCUT2D eigenvalue weighted by molar-refractivity contribution is 5.81. The van der Waals surface area contributed by atoms with Crippen LogP contribution in [0.5, 0.6) is 17.2 Å². The van der Waals surface area contributed by atoms with Gasteiger partial charge in [0.15, 0.2) is 11.5 Å². The molecule has 1 aliphatic heterocycles. The van der Waals surface area contributed by atoms with Crippen LogP contribution in [0.25, 0.3) is 10.9 Å². The molecule has 2 heterocycles. The Morgan fingerprint density at radius 2 is 2.00 bits per heavy atom. The Hall–Kier alpha value is -3.55. The summed E-state index contributed by atoms with van der Waals surface area (Å²) >= 11 is 0. The maximum atomic E-state index is 12.8. The van der Waals surface area contributed by atoms with Gasteiger partial charge in [0.2, 0.25) is 5.91 Å². The van der Waals surface area contributed by atoms with Crippen LogP contribution in [-0.4, -0.2) is 36.3 Å². The number of aromatic nitrogens is 2. The van der Waals surface area contributed by atoms with Crippen LogP contribution in [0.4, 0.5) is 0 Å². The third kappa shape index (κ3) is 4.33. The minimum Gasteiger partial charge on any atom is -0.493 e. The first-order valence-corrected chi connectivity index (χ1v) is 10.2. The summed E-state index contributed by atoms with van der Waals surface area (Å²) in [5.74, 6) is 1.77. The Balaban J connectivity index is 1.40. The molecule has 1 aliphatic rings. The maximum Gasteiger partial charge on any atom is 0.261 e. The van der Waals surface area contributed by atoms with Gasteiger partial charge in [-0.05, 0) is 18.6 Å². The zero-order valence-corrected chi connectivity index (χ0v) is 17.6. The van der Waals surface area contributed by atoms with Crippen molar-refractivity contribution in [1.82, 2.24) is 14.9 Å². The number of aryl methyl sites for hydroxylation is 1. The molecule has 1 atom stereocenters. The largest absolute Gasteiger partial charge is 0.493 e. The summed E-state index contributed by atoms with van der Waals surface area (Å²) < 4.78 is 17.7. The van der Waals surface area contributed by atoms with Gasteiger partial charge < -0.3 is 19.5 Å². The lowest BCUT2D eigenvalue weighted by Gasteiger charge is -2.26. The topological polar surface area (TPSA) is 91.7 Å². The van der Waals surface area contributed by atoms with Crippen LogP contribution in [0, 0.1) is 0 Å². The summed E-state index contributed by atoms with van der Waals surface area (Å²) in [6.45, 7) is 0.974. The van der Waals surface area contributed by atoms with E-state index in [0.717, 1.165) is 17.7 Å². The molecule has 8 heteroatoms. The molecule has 1 aromatic heterocycles. The van der Waals surface area contributed by atoms with Crippen molar-refractivity contribution < 1.29 is 19.0 Å². The molecular weight excluding hydrogens is 398 g/mol. The van der Waals surface area contributed by atoms with Gasteiger partial charge in [0.05, 0.1) is 44.1 Å². The van der Waals surface area contributed by atoms with Gasteiger partial charge in [-0.25, -0.2) is 4.98 Å². The van der Waals surface area contributed by atoms with Crippen LogP contribution in [0.15, 0.2) is 47.5 Å². The minimum absolute atomic E-state index is 0.0464. The Morgan fingerprint density at radius 3 is 2.81 bits per heavy atom. The van der Waals surface area contributed by atoms with E-state index in [-0.39, 0.29) is 17.5 Å². The minimum atomic E-state index is -0.176. The highest BCUT2D eigenvalue weighted by atomic mass is 16.5. The van der Waals surface area contributed by atoms with E-state index < -0.39 is 0 Å². The second-order valence-corrected chi connectivity index (χ2v) is 7.37. The smallest absolute Gasteiger partial charge is 0.261 e. The Labute approximate surface area is 179 Å². The molecule has 162 valence electrons. The fraction of sp³-hybridized carbons (Fsp3) is 0.348. The summed E-state index contributed by atoms with van der Waals surface area (Å²) in [4.78, 5) is 29.7. The van der Waals surface area contributed by atoms with Crippen LogP contribution >= 0.6 is 0 Å². The number of methoxy groups -OCH3 is 2. The highest BCUT2D eigenvalue weighted by Gasteiger charge is 2.22. The SMILES string of the molecule is COc1cc2ncn(CCCC(=O)N[C@@H]3CCOc4ccccc43)c(=O)c2cc1OC. The lowest BCUT2D eigenvalue weighted by molar-refractivity contribution is -0.122. The van der Waals surface area contributed by atoms with E-state index >= 15 is 0 Å². The number of hydrogen-bond donors (Lipinski definition) is 1. The number of hydrogen-bond acceptors (Lipinski definition) is 6. The number of para-hydroxylation sites is 1. The fourth-order valence-corrected chi connectivity index (χ4v) is 3.81. The van der Waals surface area contributed by atoms with E-state index in [4.69, 9.17) is 14.2 Å². The molecule has 0 saturated carbocycles. The Kier molecular flexibility index (Phi) is 6.06. The monoisotopic (exact) mass is 423 g/mol. The number of carbonyl (C=O) groups is 1. The normalized spacial score (nSPS) is 15.1. The molecule has 0 aliphatic carbocycles. The first kappa shape index (κ1) is 20.7. The van der Waals surface area contributed by atoms with Crippen LogP contribution in [0.2, 0.25) is 0 Å². The van der Waals surface area contributed by atoms with E-state index in [0.29, 0.717) is 48.4 Å². The van der Waals surface area contributed by atoms with Gasteiger partial charge in [0, 0.05) is 31.0 Å². The second-order valence-electron chi connectivity index (χ2n) is 7.37. The van der Waals surface area contributed by atoms with Crippen molar-refractivity contribution in [2.24, 2.45) is 0 Å². The van der Waals surface area contributed by atoms with E-state index in [1.54, 1.807) is 12.1 Å². The summed E-state index contributed by atoms with van der Waals surface area (Å²) in [5, 5.41) is 3.53. The van der Waals surface area contributed by atoms with Crippen molar-refractivity contribution in [2.45, 2.75) is 31.8 Å². The number of amides is 1. The molecule has 0 spiro atoms. The predicted molar refractivity (Wildman–Crippen MR) is 116 cm³/mol. The molecular formula is C23H25N3O5. The average molecular weight is 423 g/mol. The number of nitrogens with one attached hydrogen (secondary N) is 1. The summed E-state index contributed by atoms with van der Waals surface area (Å²) in [6, 6.07) is 11.0. The number of nitrogens with zero attached hydrogens (tertiary/aromatic N) is 2. The summed E-state index contributed by atoms with van der Waals surface area (Å²) in [7, 11) is 3.06. The van der Waals surface area contributed by atoms with Crippen molar-refractivity contribution in [3.05, 3.63) is 58.6 Å². The number of benzene rings is 2. The summed E-state index contributed by atoms with van der Waals surface area (Å²) in [6.07, 6.45) is 3.08. The molecule has 31 heavy (non-hydrogen) atoms. The van der Waals surface area contributed by atoms with E-state index in [2.05, 4.69) is 10.3 Å². The van der Waals surface area contributed by atoms with Gasteiger partial charge in [-0.15, -0.1) is 0 Å². The molecule has 0 bridgehead atoms. The number of fused-ring (bicyclic) bond motifs is 2. The van der Waals surface area contributed by atoms with Crippen LogP contribution in [0.3, 0.4) is 0 Å². The van der Waals surface area contributed by atoms with E-state index in [9.17, 15) is 9.59 Å². The van der Waals surface area contributed by atoms with Crippen molar-refractivity contribution in [3.63, 3.8) is 0 Å². The van der Waals surface area contributed by atoms with Gasteiger partial charge in [-0.3, -0.25) is 14.2 Å². The Bertz CT molecular complexity index is 1160. The highest BCUT2D eigenvalue weighted by Crippen LogP contribution is 2.32. The molecule has 0 radical (unpaired) electrons. The van der Waals surface area contributed by atoms with Gasteiger partial charge in [0.25, 0.3) is 5.56 Å². The van der Waals surface area contributed by atoms with Crippen LogP contribution < -0.4 is 25.1 Å². The lowest BCUT2D eigenvalue weighted by atomic mass is 10.0. The zero-order valence-electron chi connectivity index (χ0n) is 17.6. The number of carbonyl (C=O) groups excluding carboxylic acids is 1. The quantitative estimate of drug-likeness (QED) is 0.628. The zero-order chi connectivity index (χ0) is 21.8. The van der Waals surface area contributed by atoms with Crippen LogP contribution in [0.1, 0.15) is 30.9 Å². The van der Waals surface area contributed by atoms with Gasteiger partial charge >= 0.3 is 0 Å². The number of rotatable bonds is 7. The number of ether oxygens (including phenoxy) is 3. The van der Waals surface area contributed by atoms with Crippen molar-refractivity contribution in [1.29, 1.82) is 0 Å². The van der Waals surface area contributed by atoms with Gasteiger partial charge in [-0.1, -0.05) is 18.2 Å². The molecule has 8 nitrogen and oxygen atoms in total. The molecule has 0 saturated heterocycles. The standard InChI is InChI=1S/C23H25N3O5/c1-29-20-12-16-18(13-21(20)30-2)24-14-26(23(16)28)10-5-8-22(27)25-17-9-11-31-19-7-4-3-6-15(17)19/h3-4,6-7,12-14,17H,5,8-11H2,1-2H3,(H,25,27)/t17-/m1/s1. The fourth-order valence-electron chi connectivity index (χ4n) is 3.81. The average Bonchev–Trinajstić information content (AvgIpc) is 2.80. The molecule has 3 aromatic rings. The second kappa shape index (κ2) is 9.07. The van der Waals surface area contributed by atoms with E-state index in [1.807, 2.05) is 24.3 Å². The maximum absolute atomic E-state index is 12.8. The molecule has 0 fully saturated rings. The first-order valence-electron chi connectivity index (χ1n) is 10.2. The summed E-state index contributed by atoms with van der Waals surface area (Å²) in [5.41, 5.74) is 1.36. The molecule has 0 unspecified atom stereocenters. The van der Waals surface area contributed by atoms with Crippen molar-refractivity contribution in [3.8, 4) is 17.2 Å².